The van der Waals surface area contributed by atoms with Gasteiger partial charge in [-0.1, -0.05) is 74.5 Å². The van der Waals surface area contributed by atoms with Crippen LogP contribution >= 0.6 is 0 Å². The lowest BCUT2D eigenvalue weighted by Gasteiger charge is -2.38. The SMILES string of the molecule is CC(C)[C@H](NC(=O)[C@]1(NC(=O)Cc2cccc3ccccc23)CCc2[nH]c3ccccc3c2C1)C(N)=O. The van der Waals surface area contributed by atoms with Crippen molar-refractivity contribution in [3.63, 3.8) is 0 Å². The molecule has 5 N–H and O–H groups in total. The molecule has 0 bridgehead atoms. The van der Waals surface area contributed by atoms with E-state index >= 15 is 0 Å². The fourth-order valence-corrected chi connectivity index (χ4v) is 5.53. The molecular weight excluding hydrogens is 464 g/mol. The maximum atomic E-state index is 13.9. The number of benzene rings is 3. The number of hydrogen-bond donors (Lipinski definition) is 4. The highest BCUT2D eigenvalue weighted by molar-refractivity contribution is 5.98. The number of para-hydroxylation sites is 1. The van der Waals surface area contributed by atoms with Crippen LogP contribution in [0, 0.1) is 5.92 Å². The molecule has 190 valence electrons. The third-order valence-electron chi connectivity index (χ3n) is 7.49. The van der Waals surface area contributed by atoms with Gasteiger partial charge < -0.3 is 21.4 Å². The van der Waals surface area contributed by atoms with E-state index in [1.54, 1.807) is 0 Å². The van der Waals surface area contributed by atoms with Crippen LogP contribution in [-0.4, -0.2) is 34.3 Å². The van der Waals surface area contributed by atoms with Gasteiger partial charge in [-0.05, 0) is 46.7 Å². The summed E-state index contributed by atoms with van der Waals surface area (Å²) in [5.41, 5.74) is 8.38. The number of primary amides is 1. The molecule has 1 aromatic heterocycles. The molecule has 2 atom stereocenters. The first kappa shape index (κ1) is 24.6. The standard InChI is InChI=1S/C30H32N4O3/c1-18(2)27(28(31)36)33-29(37)30(15-14-25-23(17-30)22-12-5-6-13-24(22)32-25)34-26(35)16-20-10-7-9-19-8-3-4-11-21(19)20/h3-13,18,27,32H,14-17H2,1-2H3,(H2,31,36)(H,33,37)(H,34,35)/t27-,30-/m0/s1. The highest BCUT2D eigenvalue weighted by Gasteiger charge is 2.45. The maximum absolute atomic E-state index is 13.9. The number of fused-ring (bicyclic) bond motifs is 4. The van der Waals surface area contributed by atoms with Gasteiger partial charge in [0.1, 0.15) is 11.6 Å². The van der Waals surface area contributed by atoms with Gasteiger partial charge in [-0.3, -0.25) is 14.4 Å². The second-order valence-corrected chi connectivity index (χ2v) is 10.3. The minimum atomic E-state index is -1.21. The molecule has 1 heterocycles. The molecule has 5 rings (SSSR count). The average Bonchev–Trinajstić information content (AvgIpc) is 3.24. The third-order valence-corrected chi connectivity index (χ3v) is 7.49. The summed E-state index contributed by atoms with van der Waals surface area (Å²) in [6, 6.07) is 21.0. The molecule has 4 aromatic rings. The first-order valence-electron chi connectivity index (χ1n) is 12.7. The number of aromatic nitrogens is 1. The van der Waals surface area contributed by atoms with Crippen LogP contribution in [0.3, 0.4) is 0 Å². The number of nitrogens with one attached hydrogen (secondary N) is 3. The Morgan fingerprint density at radius 2 is 1.68 bits per heavy atom. The number of aromatic amines is 1. The molecule has 0 saturated carbocycles. The Labute approximate surface area is 215 Å². The number of nitrogens with two attached hydrogens (primary N) is 1. The Bertz CT molecular complexity index is 1500. The van der Waals surface area contributed by atoms with Crippen molar-refractivity contribution in [1.29, 1.82) is 0 Å². The molecular formula is C30H32N4O3. The number of amides is 3. The summed E-state index contributed by atoms with van der Waals surface area (Å²) >= 11 is 0. The van der Waals surface area contributed by atoms with Gasteiger partial charge in [0, 0.05) is 23.0 Å². The predicted octanol–water partition coefficient (Wildman–Crippen LogP) is 3.53. The molecule has 1 aliphatic carbocycles. The normalized spacial score (nSPS) is 17.9. The summed E-state index contributed by atoms with van der Waals surface area (Å²) in [6.07, 6.45) is 1.46. The molecule has 0 saturated heterocycles. The van der Waals surface area contributed by atoms with Crippen molar-refractivity contribution in [3.05, 3.63) is 83.6 Å². The number of carbonyl (C=O) groups is 3. The van der Waals surface area contributed by atoms with Gasteiger partial charge in [-0.15, -0.1) is 0 Å². The lowest BCUT2D eigenvalue weighted by Crippen LogP contribution is -2.64. The third kappa shape index (κ3) is 4.69. The Morgan fingerprint density at radius 3 is 2.43 bits per heavy atom. The van der Waals surface area contributed by atoms with Gasteiger partial charge in [0.05, 0.1) is 6.42 Å². The van der Waals surface area contributed by atoms with E-state index < -0.39 is 17.5 Å². The number of H-pyrrole nitrogens is 1. The molecule has 7 nitrogen and oxygen atoms in total. The van der Waals surface area contributed by atoms with Crippen molar-refractivity contribution >= 4 is 39.4 Å². The van der Waals surface area contributed by atoms with Crippen LogP contribution in [0.2, 0.25) is 0 Å². The van der Waals surface area contributed by atoms with Crippen LogP contribution in [0.25, 0.3) is 21.7 Å². The highest BCUT2D eigenvalue weighted by atomic mass is 16.2. The largest absolute Gasteiger partial charge is 0.368 e. The quantitative estimate of drug-likeness (QED) is 0.314. The highest BCUT2D eigenvalue weighted by Crippen LogP contribution is 2.34. The van der Waals surface area contributed by atoms with Crippen molar-refractivity contribution < 1.29 is 14.4 Å². The summed E-state index contributed by atoms with van der Waals surface area (Å²) in [6.45, 7) is 3.67. The number of hydrogen-bond acceptors (Lipinski definition) is 3. The first-order chi connectivity index (χ1) is 17.8. The zero-order chi connectivity index (χ0) is 26.2. The predicted molar refractivity (Wildman–Crippen MR) is 145 cm³/mol. The average molecular weight is 497 g/mol. The van der Waals surface area contributed by atoms with E-state index in [1.165, 1.54) is 0 Å². The summed E-state index contributed by atoms with van der Waals surface area (Å²) in [4.78, 5) is 42.9. The van der Waals surface area contributed by atoms with Gasteiger partial charge in [0.25, 0.3) is 0 Å². The lowest BCUT2D eigenvalue weighted by atomic mass is 9.78. The van der Waals surface area contributed by atoms with Crippen LogP contribution in [-0.2, 0) is 33.6 Å². The Morgan fingerprint density at radius 1 is 0.973 bits per heavy atom. The van der Waals surface area contributed by atoms with Gasteiger partial charge >= 0.3 is 0 Å². The van der Waals surface area contributed by atoms with Gasteiger partial charge in [-0.25, -0.2) is 0 Å². The fourth-order valence-electron chi connectivity index (χ4n) is 5.53. The van der Waals surface area contributed by atoms with Crippen LogP contribution in [0.4, 0.5) is 0 Å². The van der Waals surface area contributed by atoms with E-state index in [0.717, 1.165) is 38.5 Å². The van der Waals surface area contributed by atoms with Gasteiger partial charge in [-0.2, -0.15) is 0 Å². The molecule has 3 aromatic carbocycles. The molecule has 0 radical (unpaired) electrons. The molecule has 0 spiro atoms. The lowest BCUT2D eigenvalue weighted by molar-refractivity contribution is -0.136. The minimum absolute atomic E-state index is 0.139. The summed E-state index contributed by atoms with van der Waals surface area (Å²) in [5.74, 6) is -1.40. The van der Waals surface area contributed by atoms with E-state index in [9.17, 15) is 14.4 Å². The van der Waals surface area contributed by atoms with E-state index in [4.69, 9.17) is 5.73 Å². The molecule has 0 aliphatic heterocycles. The molecule has 1 aliphatic rings. The topological polar surface area (TPSA) is 117 Å². The summed E-state index contributed by atoms with van der Waals surface area (Å²) < 4.78 is 0. The van der Waals surface area contributed by atoms with Crippen molar-refractivity contribution in [1.82, 2.24) is 15.6 Å². The van der Waals surface area contributed by atoms with E-state index in [0.29, 0.717) is 19.3 Å². The second-order valence-electron chi connectivity index (χ2n) is 10.3. The number of aryl methyl sites for hydroxylation is 1. The van der Waals surface area contributed by atoms with Crippen molar-refractivity contribution in [2.75, 3.05) is 0 Å². The smallest absolute Gasteiger partial charge is 0.246 e. The van der Waals surface area contributed by atoms with E-state index in [1.807, 2.05) is 80.6 Å². The molecule has 0 unspecified atom stereocenters. The second kappa shape index (κ2) is 9.73. The van der Waals surface area contributed by atoms with Crippen molar-refractivity contribution in [2.45, 2.75) is 51.1 Å². The number of rotatable bonds is 7. The Balaban J connectivity index is 1.49. The maximum Gasteiger partial charge on any atom is 0.246 e. The summed E-state index contributed by atoms with van der Waals surface area (Å²) in [5, 5.41) is 9.07. The molecule has 3 amide bonds. The van der Waals surface area contributed by atoms with Crippen LogP contribution in [0.5, 0.6) is 0 Å². The van der Waals surface area contributed by atoms with Crippen LogP contribution in [0.15, 0.2) is 66.7 Å². The molecule has 7 heteroatoms. The molecule has 37 heavy (non-hydrogen) atoms. The van der Waals surface area contributed by atoms with Gasteiger partial charge in [0.15, 0.2) is 0 Å². The summed E-state index contributed by atoms with van der Waals surface area (Å²) in [7, 11) is 0. The minimum Gasteiger partial charge on any atom is -0.368 e. The zero-order valence-corrected chi connectivity index (χ0v) is 21.1. The molecule has 0 fully saturated rings. The number of carbonyl (C=O) groups excluding carboxylic acids is 3. The monoisotopic (exact) mass is 496 g/mol. The van der Waals surface area contributed by atoms with E-state index in [2.05, 4.69) is 15.6 Å². The van der Waals surface area contributed by atoms with E-state index in [-0.39, 0.29) is 24.2 Å². The van der Waals surface area contributed by atoms with Crippen LogP contribution in [0.1, 0.15) is 37.1 Å². The first-order valence-corrected chi connectivity index (χ1v) is 12.7. The fraction of sp³-hybridized carbons (Fsp3) is 0.300. The van der Waals surface area contributed by atoms with Crippen LogP contribution < -0.4 is 16.4 Å². The Hall–Kier alpha value is -4.13. The van der Waals surface area contributed by atoms with Crippen molar-refractivity contribution in [3.8, 4) is 0 Å². The van der Waals surface area contributed by atoms with Gasteiger partial charge in [0.2, 0.25) is 17.7 Å². The Kier molecular flexibility index (Phi) is 6.46. The zero-order valence-electron chi connectivity index (χ0n) is 21.1. The van der Waals surface area contributed by atoms with Crippen molar-refractivity contribution in [2.24, 2.45) is 11.7 Å².